The molecule has 0 aromatic heterocycles. The van der Waals surface area contributed by atoms with Crippen molar-refractivity contribution in [1.82, 2.24) is 0 Å². The number of anilines is 1. The summed E-state index contributed by atoms with van der Waals surface area (Å²) in [6, 6.07) is 3.76. The first-order valence-electron chi connectivity index (χ1n) is 7.16. The van der Waals surface area contributed by atoms with Gasteiger partial charge in [0.15, 0.2) is 11.5 Å². The van der Waals surface area contributed by atoms with Crippen LogP contribution in [-0.4, -0.2) is 13.3 Å². The SMILES string of the molecule is Clc1cc2c(cc1NCCC1CCCCC1)OCO2. The lowest BCUT2D eigenvalue weighted by atomic mass is 9.87. The number of benzene rings is 1. The molecule has 3 rings (SSSR count). The van der Waals surface area contributed by atoms with Crippen LogP contribution in [0.15, 0.2) is 12.1 Å². The molecule has 1 aromatic carbocycles. The van der Waals surface area contributed by atoms with Crippen LogP contribution in [0.25, 0.3) is 0 Å². The summed E-state index contributed by atoms with van der Waals surface area (Å²) in [5.41, 5.74) is 0.946. The van der Waals surface area contributed by atoms with Gasteiger partial charge >= 0.3 is 0 Å². The smallest absolute Gasteiger partial charge is 0.231 e. The number of hydrogen-bond donors (Lipinski definition) is 1. The van der Waals surface area contributed by atoms with Gasteiger partial charge in [-0.1, -0.05) is 43.7 Å². The van der Waals surface area contributed by atoms with Gasteiger partial charge in [-0.2, -0.15) is 0 Å². The van der Waals surface area contributed by atoms with Crippen LogP contribution in [-0.2, 0) is 0 Å². The van der Waals surface area contributed by atoms with Crippen molar-refractivity contribution in [3.63, 3.8) is 0 Å². The van der Waals surface area contributed by atoms with E-state index in [0.29, 0.717) is 5.02 Å². The van der Waals surface area contributed by atoms with Crippen molar-refractivity contribution in [2.24, 2.45) is 5.92 Å². The summed E-state index contributed by atoms with van der Waals surface area (Å²) in [4.78, 5) is 0. The van der Waals surface area contributed by atoms with Gasteiger partial charge in [-0.3, -0.25) is 0 Å². The number of nitrogens with one attached hydrogen (secondary N) is 1. The van der Waals surface area contributed by atoms with Gasteiger partial charge in [-0.15, -0.1) is 0 Å². The maximum atomic E-state index is 6.23. The largest absolute Gasteiger partial charge is 0.454 e. The molecular formula is C15H20ClNO2. The molecule has 104 valence electrons. The molecule has 1 saturated carbocycles. The number of halogens is 1. The third kappa shape index (κ3) is 3.08. The summed E-state index contributed by atoms with van der Waals surface area (Å²) < 4.78 is 10.7. The Kier molecular flexibility index (Phi) is 4.02. The molecule has 0 amide bonds. The average Bonchev–Trinajstić information content (AvgIpc) is 2.87. The van der Waals surface area contributed by atoms with Crippen LogP contribution in [0.3, 0.4) is 0 Å². The van der Waals surface area contributed by atoms with Gasteiger partial charge in [0.2, 0.25) is 6.79 Å². The average molecular weight is 282 g/mol. The maximum absolute atomic E-state index is 6.23. The molecule has 0 spiro atoms. The van der Waals surface area contributed by atoms with E-state index in [9.17, 15) is 0 Å². The molecule has 0 radical (unpaired) electrons. The molecule has 0 atom stereocenters. The van der Waals surface area contributed by atoms with Gasteiger partial charge in [0.25, 0.3) is 0 Å². The fraction of sp³-hybridized carbons (Fsp3) is 0.600. The highest BCUT2D eigenvalue weighted by atomic mass is 35.5. The van der Waals surface area contributed by atoms with Gasteiger partial charge in [-0.05, 0) is 12.3 Å². The Morgan fingerprint density at radius 3 is 2.63 bits per heavy atom. The molecule has 1 aromatic rings. The fourth-order valence-corrected chi connectivity index (χ4v) is 3.16. The molecule has 1 heterocycles. The standard InChI is InChI=1S/C15H20ClNO2/c16-12-8-14-15(19-10-18-14)9-13(12)17-7-6-11-4-2-1-3-5-11/h8-9,11,17H,1-7,10H2. The topological polar surface area (TPSA) is 30.5 Å². The second kappa shape index (κ2) is 5.91. The highest BCUT2D eigenvalue weighted by Crippen LogP contribution is 2.39. The zero-order chi connectivity index (χ0) is 13.1. The monoisotopic (exact) mass is 281 g/mol. The number of rotatable bonds is 4. The molecule has 0 bridgehead atoms. The molecule has 4 heteroatoms. The lowest BCUT2D eigenvalue weighted by Gasteiger charge is -2.21. The Morgan fingerprint density at radius 1 is 1.11 bits per heavy atom. The predicted molar refractivity (Wildman–Crippen MR) is 77.3 cm³/mol. The van der Waals surface area contributed by atoms with Crippen LogP contribution in [0.2, 0.25) is 5.02 Å². The van der Waals surface area contributed by atoms with Crippen LogP contribution in [0, 0.1) is 5.92 Å². The summed E-state index contributed by atoms with van der Waals surface area (Å²) in [6.45, 7) is 1.27. The van der Waals surface area contributed by atoms with Gasteiger partial charge in [0.05, 0.1) is 10.7 Å². The number of fused-ring (bicyclic) bond motifs is 1. The molecule has 1 N–H and O–H groups in total. The minimum atomic E-state index is 0.289. The molecule has 1 aliphatic heterocycles. The Hall–Kier alpha value is -1.09. The van der Waals surface area contributed by atoms with Gasteiger partial charge < -0.3 is 14.8 Å². The van der Waals surface area contributed by atoms with Gasteiger partial charge in [-0.25, -0.2) is 0 Å². The van der Waals surface area contributed by atoms with E-state index in [-0.39, 0.29) is 6.79 Å². The van der Waals surface area contributed by atoms with Gasteiger partial charge in [0, 0.05) is 18.7 Å². The second-order valence-corrected chi connectivity index (χ2v) is 5.81. The molecule has 1 fully saturated rings. The Balaban J connectivity index is 1.54. The molecule has 1 aliphatic carbocycles. The summed E-state index contributed by atoms with van der Waals surface area (Å²) in [5.74, 6) is 2.40. The third-order valence-electron chi connectivity index (χ3n) is 4.06. The van der Waals surface area contributed by atoms with Crippen molar-refractivity contribution in [3.05, 3.63) is 17.2 Å². The van der Waals surface area contributed by atoms with Crippen LogP contribution in [0.4, 0.5) is 5.69 Å². The summed E-state index contributed by atoms with van der Waals surface area (Å²) in [5, 5.41) is 4.12. The lowest BCUT2D eigenvalue weighted by Crippen LogP contribution is -2.12. The van der Waals surface area contributed by atoms with Crippen molar-refractivity contribution < 1.29 is 9.47 Å². The zero-order valence-corrected chi connectivity index (χ0v) is 11.8. The zero-order valence-electron chi connectivity index (χ0n) is 11.1. The van der Waals surface area contributed by atoms with E-state index in [2.05, 4.69) is 5.32 Å². The van der Waals surface area contributed by atoms with E-state index in [1.54, 1.807) is 0 Å². The van der Waals surface area contributed by atoms with Crippen molar-refractivity contribution in [1.29, 1.82) is 0 Å². The highest BCUT2D eigenvalue weighted by molar-refractivity contribution is 6.33. The Labute approximate surface area is 119 Å². The first kappa shape index (κ1) is 12.9. The molecule has 0 unspecified atom stereocenters. The Morgan fingerprint density at radius 2 is 1.84 bits per heavy atom. The normalized spacial score (nSPS) is 18.6. The van der Waals surface area contributed by atoms with Gasteiger partial charge in [0.1, 0.15) is 0 Å². The second-order valence-electron chi connectivity index (χ2n) is 5.40. The van der Waals surface area contributed by atoms with Crippen molar-refractivity contribution >= 4 is 17.3 Å². The lowest BCUT2D eigenvalue weighted by molar-refractivity contribution is 0.174. The minimum Gasteiger partial charge on any atom is -0.454 e. The van der Waals surface area contributed by atoms with E-state index in [1.807, 2.05) is 12.1 Å². The number of hydrogen-bond acceptors (Lipinski definition) is 3. The van der Waals surface area contributed by atoms with E-state index in [0.717, 1.165) is 29.6 Å². The van der Waals surface area contributed by atoms with E-state index in [4.69, 9.17) is 21.1 Å². The molecule has 19 heavy (non-hydrogen) atoms. The predicted octanol–water partition coefficient (Wildman–Crippen LogP) is 4.45. The van der Waals surface area contributed by atoms with Crippen LogP contribution < -0.4 is 14.8 Å². The minimum absolute atomic E-state index is 0.289. The van der Waals surface area contributed by atoms with E-state index >= 15 is 0 Å². The number of ether oxygens (including phenoxy) is 2. The molecule has 2 aliphatic rings. The quantitative estimate of drug-likeness (QED) is 0.884. The third-order valence-corrected chi connectivity index (χ3v) is 4.37. The first-order chi connectivity index (χ1) is 9.33. The van der Waals surface area contributed by atoms with Crippen molar-refractivity contribution in [3.8, 4) is 11.5 Å². The molecule has 3 nitrogen and oxygen atoms in total. The summed E-state index contributed by atoms with van der Waals surface area (Å²) in [6.07, 6.45) is 8.21. The van der Waals surface area contributed by atoms with Crippen molar-refractivity contribution in [2.75, 3.05) is 18.7 Å². The molecular weight excluding hydrogens is 262 g/mol. The summed E-state index contributed by atoms with van der Waals surface area (Å²) >= 11 is 6.23. The van der Waals surface area contributed by atoms with Crippen LogP contribution >= 0.6 is 11.6 Å². The first-order valence-corrected chi connectivity index (χ1v) is 7.54. The summed E-state index contributed by atoms with van der Waals surface area (Å²) in [7, 11) is 0. The van der Waals surface area contributed by atoms with Crippen LogP contribution in [0.1, 0.15) is 38.5 Å². The Bertz CT molecular complexity index is 444. The van der Waals surface area contributed by atoms with Crippen LogP contribution in [0.5, 0.6) is 11.5 Å². The van der Waals surface area contributed by atoms with E-state index < -0.39 is 0 Å². The maximum Gasteiger partial charge on any atom is 0.231 e. The fourth-order valence-electron chi connectivity index (χ4n) is 2.94. The highest BCUT2D eigenvalue weighted by Gasteiger charge is 2.17. The van der Waals surface area contributed by atoms with Crippen molar-refractivity contribution in [2.45, 2.75) is 38.5 Å². The molecule has 0 saturated heterocycles. The van der Waals surface area contributed by atoms with E-state index in [1.165, 1.54) is 38.5 Å².